The second kappa shape index (κ2) is 4.80. The molecule has 0 aromatic rings. The van der Waals surface area contributed by atoms with Crippen LogP contribution in [0.4, 0.5) is 0 Å². The van der Waals surface area contributed by atoms with Gasteiger partial charge in [0, 0.05) is 13.0 Å². The van der Waals surface area contributed by atoms with Gasteiger partial charge in [-0.25, -0.2) is 0 Å². The zero-order valence-corrected chi connectivity index (χ0v) is 7.95. The standard InChI is InChI=1S/C9H19NO2/c1-3-11-9-6-8(4-5-10)12-7(9)2/h7-9H,3-6,10H2,1-2H3/t7?,8-,9?/m1/s1. The molecular weight excluding hydrogens is 154 g/mol. The first kappa shape index (κ1) is 9.96. The number of hydrogen-bond donors (Lipinski definition) is 1. The van der Waals surface area contributed by atoms with Gasteiger partial charge in [0.25, 0.3) is 0 Å². The van der Waals surface area contributed by atoms with E-state index < -0.39 is 0 Å². The number of hydrogen-bond acceptors (Lipinski definition) is 3. The quantitative estimate of drug-likeness (QED) is 0.687. The molecule has 0 aromatic heterocycles. The van der Waals surface area contributed by atoms with Crippen LogP contribution in [-0.4, -0.2) is 31.5 Å². The van der Waals surface area contributed by atoms with E-state index in [0.29, 0.717) is 12.6 Å². The molecule has 0 amide bonds. The van der Waals surface area contributed by atoms with Gasteiger partial charge in [0.05, 0.1) is 18.3 Å². The van der Waals surface area contributed by atoms with Crippen molar-refractivity contribution in [2.75, 3.05) is 13.2 Å². The van der Waals surface area contributed by atoms with E-state index in [1.807, 2.05) is 6.92 Å². The van der Waals surface area contributed by atoms with Crippen molar-refractivity contribution in [3.05, 3.63) is 0 Å². The highest BCUT2D eigenvalue weighted by Crippen LogP contribution is 2.24. The summed E-state index contributed by atoms with van der Waals surface area (Å²) in [5, 5.41) is 0. The fourth-order valence-corrected chi connectivity index (χ4v) is 1.69. The molecule has 3 heteroatoms. The van der Waals surface area contributed by atoms with E-state index >= 15 is 0 Å². The minimum Gasteiger partial charge on any atom is -0.376 e. The van der Waals surface area contributed by atoms with Gasteiger partial charge < -0.3 is 15.2 Å². The lowest BCUT2D eigenvalue weighted by atomic mass is 10.1. The van der Waals surface area contributed by atoms with Crippen molar-refractivity contribution >= 4 is 0 Å². The Balaban J connectivity index is 2.29. The van der Waals surface area contributed by atoms with Crippen LogP contribution in [0.2, 0.25) is 0 Å². The molecule has 1 heterocycles. The highest BCUT2D eigenvalue weighted by atomic mass is 16.6. The van der Waals surface area contributed by atoms with Crippen LogP contribution >= 0.6 is 0 Å². The van der Waals surface area contributed by atoms with Gasteiger partial charge >= 0.3 is 0 Å². The van der Waals surface area contributed by atoms with E-state index in [1.54, 1.807) is 0 Å². The highest BCUT2D eigenvalue weighted by molar-refractivity contribution is 4.80. The second-order valence-electron chi connectivity index (χ2n) is 3.27. The van der Waals surface area contributed by atoms with Crippen molar-refractivity contribution in [3.63, 3.8) is 0 Å². The Hall–Kier alpha value is -0.120. The first-order valence-corrected chi connectivity index (χ1v) is 4.75. The second-order valence-corrected chi connectivity index (χ2v) is 3.27. The van der Waals surface area contributed by atoms with Crippen LogP contribution in [0.15, 0.2) is 0 Å². The van der Waals surface area contributed by atoms with Crippen LogP contribution < -0.4 is 5.73 Å². The average Bonchev–Trinajstić information content (AvgIpc) is 2.34. The zero-order chi connectivity index (χ0) is 8.97. The van der Waals surface area contributed by atoms with Gasteiger partial charge in [0.1, 0.15) is 0 Å². The molecular formula is C9H19NO2. The van der Waals surface area contributed by atoms with E-state index in [1.165, 1.54) is 0 Å². The first-order valence-electron chi connectivity index (χ1n) is 4.75. The molecule has 2 unspecified atom stereocenters. The fourth-order valence-electron chi connectivity index (χ4n) is 1.69. The molecule has 0 aliphatic carbocycles. The van der Waals surface area contributed by atoms with Gasteiger partial charge in [-0.05, 0) is 26.8 Å². The van der Waals surface area contributed by atoms with E-state index in [-0.39, 0.29) is 12.2 Å². The van der Waals surface area contributed by atoms with Gasteiger partial charge in [-0.2, -0.15) is 0 Å². The summed E-state index contributed by atoms with van der Waals surface area (Å²) < 4.78 is 11.2. The third kappa shape index (κ3) is 2.44. The Morgan fingerprint density at radius 1 is 1.58 bits per heavy atom. The summed E-state index contributed by atoms with van der Waals surface area (Å²) in [6, 6.07) is 0. The molecule has 0 bridgehead atoms. The van der Waals surface area contributed by atoms with E-state index in [9.17, 15) is 0 Å². The molecule has 2 N–H and O–H groups in total. The van der Waals surface area contributed by atoms with Gasteiger partial charge in [-0.15, -0.1) is 0 Å². The minimum atomic E-state index is 0.237. The SMILES string of the molecule is CCOC1C[C@@H](CCN)OC1C. The molecule has 1 fully saturated rings. The molecule has 0 aromatic carbocycles. The molecule has 12 heavy (non-hydrogen) atoms. The molecule has 72 valence electrons. The molecule has 0 spiro atoms. The van der Waals surface area contributed by atoms with Gasteiger partial charge in [0.15, 0.2) is 0 Å². The predicted molar refractivity (Wildman–Crippen MR) is 48.0 cm³/mol. The van der Waals surface area contributed by atoms with Crippen molar-refractivity contribution in [1.29, 1.82) is 0 Å². The summed E-state index contributed by atoms with van der Waals surface area (Å²) in [6.45, 7) is 5.56. The summed E-state index contributed by atoms with van der Waals surface area (Å²) in [5.74, 6) is 0. The van der Waals surface area contributed by atoms with Crippen LogP contribution in [0, 0.1) is 0 Å². The molecule has 1 aliphatic rings. The summed E-state index contributed by atoms with van der Waals surface area (Å²) in [4.78, 5) is 0. The number of ether oxygens (including phenoxy) is 2. The van der Waals surface area contributed by atoms with Gasteiger partial charge in [-0.3, -0.25) is 0 Å². The van der Waals surface area contributed by atoms with Gasteiger partial charge in [-0.1, -0.05) is 0 Å². The Morgan fingerprint density at radius 2 is 2.33 bits per heavy atom. The average molecular weight is 173 g/mol. The highest BCUT2D eigenvalue weighted by Gasteiger charge is 2.31. The summed E-state index contributed by atoms with van der Waals surface area (Å²) >= 11 is 0. The Morgan fingerprint density at radius 3 is 2.92 bits per heavy atom. The molecule has 0 radical (unpaired) electrons. The van der Waals surface area contributed by atoms with E-state index in [2.05, 4.69) is 6.92 Å². The van der Waals surface area contributed by atoms with Crippen LogP contribution in [-0.2, 0) is 9.47 Å². The molecule has 0 saturated carbocycles. The van der Waals surface area contributed by atoms with Gasteiger partial charge in [0.2, 0.25) is 0 Å². The summed E-state index contributed by atoms with van der Waals surface area (Å²) in [7, 11) is 0. The van der Waals surface area contributed by atoms with Crippen molar-refractivity contribution in [3.8, 4) is 0 Å². The third-order valence-electron chi connectivity index (χ3n) is 2.30. The fraction of sp³-hybridized carbons (Fsp3) is 1.00. The normalized spacial score (nSPS) is 35.8. The van der Waals surface area contributed by atoms with E-state index in [4.69, 9.17) is 15.2 Å². The zero-order valence-electron chi connectivity index (χ0n) is 7.95. The van der Waals surface area contributed by atoms with Crippen molar-refractivity contribution < 1.29 is 9.47 Å². The lowest BCUT2D eigenvalue weighted by Crippen LogP contribution is -2.20. The van der Waals surface area contributed by atoms with Crippen molar-refractivity contribution in [1.82, 2.24) is 0 Å². The van der Waals surface area contributed by atoms with Crippen LogP contribution in [0.5, 0.6) is 0 Å². The predicted octanol–water partition coefficient (Wildman–Crippen LogP) is 0.918. The Kier molecular flexibility index (Phi) is 3.98. The lowest BCUT2D eigenvalue weighted by Gasteiger charge is -2.12. The first-order chi connectivity index (χ1) is 5.77. The monoisotopic (exact) mass is 173 g/mol. The summed E-state index contributed by atoms with van der Waals surface area (Å²) in [6.07, 6.45) is 2.80. The summed E-state index contributed by atoms with van der Waals surface area (Å²) in [5.41, 5.74) is 5.45. The lowest BCUT2D eigenvalue weighted by molar-refractivity contribution is -0.00949. The van der Waals surface area contributed by atoms with E-state index in [0.717, 1.165) is 19.4 Å². The molecule has 3 nitrogen and oxygen atoms in total. The number of rotatable bonds is 4. The number of nitrogens with two attached hydrogens (primary N) is 1. The topological polar surface area (TPSA) is 44.5 Å². The van der Waals surface area contributed by atoms with Crippen LogP contribution in [0.1, 0.15) is 26.7 Å². The Bertz CT molecular complexity index is 130. The Labute approximate surface area is 74.2 Å². The maximum absolute atomic E-state index is 5.66. The molecule has 1 rings (SSSR count). The maximum atomic E-state index is 5.66. The minimum absolute atomic E-state index is 0.237. The maximum Gasteiger partial charge on any atom is 0.0858 e. The third-order valence-corrected chi connectivity index (χ3v) is 2.30. The van der Waals surface area contributed by atoms with Crippen LogP contribution in [0.25, 0.3) is 0 Å². The molecule has 3 atom stereocenters. The largest absolute Gasteiger partial charge is 0.376 e. The smallest absolute Gasteiger partial charge is 0.0858 e. The molecule has 1 aliphatic heterocycles. The van der Waals surface area contributed by atoms with Crippen molar-refractivity contribution in [2.24, 2.45) is 5.73 Å². The van der Waals surface area contributed by atoms with Crippen molar-refractivity contribution in [2.45, 2.75) is 45.0 Å². The molecule has 1 saturated heterocycles. The van der Waals surface area contributed by atoms with Crippen LogP contribution in [0.3, 0.4) is 0 Å².